The first kappa shape index (κ1) is 21.1. The summed E-state index contributed by atoms with van der Waals surface area (Å²) in [5, 5.41) is 6.69. The van der Waals surface area contributed by atoms with E-state index in [1.807, 2.05) is 41.6 Å². The largest absolute Gasteiger partial charge is 0.378 e. The summed E-state index contributed by atoms with van der Waals surface area (Å²) in [6.45, 7) is 3.69. The maximum absolute atomic E-state index is 14.0. The van der Waals surface area contributed by atoms with Gasteiger partial charge in [-0.2, -0.15) is 5.10 Å². The van der Waals surface area contributed by atoms with E-state index in [-0.39, 0.29) is 11.9 Å². The number of amides is 1. The van der Waals surface area contributed by atoms with Crippen molar-refractivity contribution in [3.05, 3.63) is 90.0 Å². The van der Waals surface area contributed by atoms with E-state index >= 15 is 0 Å². The van der Waals surface area contributed by atoms with Crippen molar-refractivity contribution in [2.24, 2.45) is 0 Å². The molecular weight excluding hydrogens is 454 g/mol. The Labute approximate surface area is 207 Å². The molecule has 0 bridgehead atoms. The van der Waals surface area contributed by atoms with Crippen LogP contribution < -0.4 is 4.90 Å². The minimum Gasteiger partial charge on any atom is -0.378 e. The highest BCUT2D eigenvalue weighted by Crippen LogP contribution is 2.35. The van der Waals surface area contributed by atoms with Crippen LogP contribution in [0.15, 0.2) is 67.4 Å². The van der Waals surface area contributed by atoms with Crippen molar-refractivity contribution in [1.29, 1.82) is 0 Å². The molecule has 2 aliphatic rings. The van der Waals surface area contributed by atoms with Crippen LogP contribution in [0.4, 0.5) is 5.69 Å². The van der Waals surface area contributed by atoms with Crippen molar-refractivity contribution >= 4 is 27.9 Å². The van der Waals surface area contributed by atoms with Crippen LogP contribution in [0.25, 0.3) is 16.3 Å². The van der Waals surface area contributed by atoms with Crippen LogP contribution in [0.3, 0.4) is 0 Å². The molecule has 6 heterocycles. The molecule has 2 aliphatic heterocycles. The van der Waals surface area contributed by atoms with Crippen LogP contribution in [0.2, 0.25) is 0 Å². The number of aromatic nitrogens is 5. The fraction of sp³-hybridized carbons (Fsp3) is 0.259. The van der Waals surface area contributed by atoms with Crippen molar-refractivity contribution in [1.82, 2.24) is 29.5 Å². The van der Waals surface area contributed by atoms with E-state index in [1.165, 1.54) is 0 Å². The fourth-order valence-electron chi connectivity index (χ4n) is 5.35. The molecule has 36 heavy (non-hydrogen) atoms. The zero-order chi connectivity index (χ0) is 24.1. The summed E-state index contributed by atoms with van der Waals surface area (Å²) in [5.74, 6) is -0.0715. The second kappa shape index (κ2) is 8.46. The molecule has 0 aliphatic carbocycles. The van der Waals surface area contributed by atoms with Crippen molar-refractivity contribution in [3.8, 4) is 0 Å². The Morgan fingerprint density at radius 2 is 1.86 bits per heavy atom. The number of hydrogen-bond acceptors (Lipinski definition) is 6. The molecule has 1 amide bonds. The minimum atomic E-state index is -0.375. The predicted molar refractivity (Wildman–Crippen MR) is 135 cm³/mol. The molecule has 0 unspecified atom stereocenters. The molecule has 1 atom stereocenters. The summed E-state index contributed by atoms with van der Waals surface area (Å²) in [5.41, 5.74) is 5.15. The molecular formula is C27H25N7O2. The van der Waals surface area contributed by atoms with E-state index in [0.29, 0.717) is 18.5 Å². The van der Waals surface area contributed by atoms with Crippen LogP contribution in [0.5, 0.6) is 0 Å². The number of nitrogens with one attached hydrogen (secondary N) is 1. The first-order chi connectivity index (χ1) is 17.8. The Morgan fingerprint density at radius 1 is 1.00 bits per heavy atom. The number of imidazole rings is 1. The molecule has 5 aromatic rings. The zero-order valence-corrected chi connectivity index (χ0v) is 19.7. The van der Waals surface area contributed by atoms with Crippen LogP contribution in [0.1, 0.15) is 33.5 Å². The maximum Gasteiger partial charge on any atom is 0.258 e. The first-order valence-corrected chi connectivity index (χ1v) is 12.2. The summed E-state index contributed by atoms with van der Waals surface area (Å²) < 4.78 is 7.27. The van der Waals surface area contributed by atoms with Crippen molar-refractivity contribution in [2.75, 3.05) is 37.7 Å². The number of pyridine rings is 2. The predicted octanol–water partition coefficient (Wildman–Crippen LogP) is 3.23. The highest BCUT2D eigenvalue weighted by Gasteiger charge is 2.36. The Bertz CT molecular complexity index is 1580. The number of hydrogen-bond donors (Lipinski definition) is 1. The SMILES string of the molecule is O=C(c1cnn2cc(N3CCOCC3)ccc12)N1CCc2[nH]cnc2[C@H]1c1cc2ccccc2cn1. The number of H-pyrrole nitrogens is 1. The van der Waals surface area contributed by atoms with Crippen LogP contribution in [-0.4, -0.2) is 68.2 Å². The standard InChI is InChI=1S/C27H25N7O2/c35-27(21-15-31-34-16-20(5-6-24(21)34)32-9-11-36-12-10-32)33-8-7-22-25(30-17-29-22)26(33)23-13-18-3-1-2-4-19(18)14-28-23/h1-6,13-17,26H,7-12H2,(H,29,30)/t26-/m1/s1. The molecule has 0 spiro atoms. The summed E-state index contributed by atoms with van der Waals surface area (Å²) in [7, 11) is 0. The number of benzene rings is 1. The zero-order valence-electron chi connectivity index (χ0n) is 19.7. The van der Waals surface area contributed by atoms with Gasteiger partial charge in [-0.1, -0.05) is 24.3 Å². The lowest BCUT2D eigenvalue weighted by Crippen LogP contribution is -2.41. The third-order valence-electron chi connectivity index (χ3n) is 7.23. The number of carbonyl (C=O) groups is 1. The van der Waals surface area contributed by atoms with Gasteiger partial charge in [-0.3, -0.25) is 9.78 Å². The van der Waals surface area contributed by atoms with Crippen molar-refractivity contribution < 1.29 is 9.53 Å². The molecule has 180 valence electrons. The van der Waals surface area contributed by atoms with Crippen LogP contribution >= 0.6 is 0 Å². The average Bonchev–Trinajstić information content (AvgIpc) is 3.59. The maximum atomic E-state index is 14.0. The van der Waals surface area contributed by atoms with Gasteiger partial charge < -0.3 is 19.5 Å². The molecule has 1 saturated heterocycles. The van der Waals surface area contributed by atoms with Gasteiger partial charge >= 0.3 is 0 Å². The van der Waals surface area contributed by atoms with Gasteiger partial charge in [0.05, 0.1) is 60.1 Å². The van der Waals surface area contributed by atoms with Crippen molar-refractivity contribution in [2.45, 2.75) is 12.5 Å². The van der Waals surface area contributed by atoms with Gasteiger partial charge in [0, 0.05) is 43.3 Å². The van der Waals surface area contributed by atoms with Gasteiger partial charge in [-0.05, 0) is 23.6 Å². The number of ether oxygens (including phenoxy) is 1. The molecule has 4 aromatic heterocycles. The normalized spacial score (nSPS) is 18.1. The lowest BCUT2D eigenvalue weighted by atomic mass is 9.97. The third kappa shape index (κ3) is 3.43. The smallest absolute Gasteiger partial charge is 0.258 e. The minimum absolute atomic E-state index is 0.0715. The number of aromatic amines is 1. The highest BCUT2D eigenvalue weighted by atomic mass is 16.5. The Kier molecular flexibility index (Phi) is 4.95. The number of rotatable bonds is 3. The van der Waals surface area contributed by atoms with E-state index in [9.17, 15) is 4.79 Å². The summed E-state index contributed by atoms with van der Waals surface area (Å²) in [6.07, 6.45) is 7.95. The first-order valence-electron chi connectivity index (χ1n) is 12.2. The lowest BCUT2D eigenvalue weighted by molar-refractivity contribution is 0.0689. The van der Waals surface area contributed by atoms with E-state index in [4.69, 9.17) is 9.72 Å². The van der Waals surface area contributed by atoms with Gasteiger partial charge in [0.1, 0.15) is 6.04 Å². The van der Waals surface area contributed by atoms with Crippen LogP contribution in [-0.2, 0) is 11.2 Å². The lowest BCUT2D eigenvalue weighted by Gasteiger charge is -2.34. The summed E-state index contributed by atoms with van der Waals surface area (Å²) in [4.78, 5) is 30.8. The molecule has 9 heteroatoms. The molecule has 7 rings (SSSR count). The number of anilines is 1. The fourth-order valence-corrected chi connectivity index (χ4v) is 5.35. The number of carbonyl (C=O) groups excluding carboxylic acids is 1. The van der Waals surface area contributed by atoms with Gasteiger partial charge in [0.2, 0.25) is 0 Å². The summed E-state index contributed by atoms with van der Waals surface area (Å²) in [6, 6.07) is 13.9. The number of fused-ring (bicyclic) bond motifs is 3. The molecule has 0 radical (unpaired) electrons. The number of nitrogens with zero attached hydrogens (tertiary/aromatic N) is 6. The Balaban J connectivity index is 1.27. The monoisotopic (exact) mass is 479 g/mol. The third-order valence-corrected chi connectivity index (χ3v) is 7.23. The van der Waals surface area contributed by atoms with E-state index < -0.39 is 0 Å². The van der Waals surface area contributed by atoms with Gasteiger partial charge in [-0.25, -0.2) is 9.50 Å². The topological polar surface area (TPSA) is 91.7 Å². The molecule has 0 saturated carbocycles. The van der Waals surface area contributed by atoms with E-state index in [2.05, 4.69) is 38.2 Å². The second-order valence-electron chi connectivity index (χ2n) is 9.25. The molecule has 9 nitrogen and oxygen atoms in total. The average molecular weight is 480 g/mol. The quantitative estimate of drug-likeness (QED) is 0.427. The Hall–Kier alpha value is -4.24. The van der Waals surface area contributed by atoms with Crippen molar-refractivity contribution in [3.63, 3.8) is 0 Å². The highest BCUT2D eigenvalue weighted by molar-refractivity contribution is 6.01. The van der Waals surface area contributed by atoms with Gasteiger partial charge in [0.25, 0.3) is 5.91 Å². The second-order valence-corrected chi connectivity index (χ2v) is 9.25. The number of morpholine rings is 1. The summed E-state index contributed by atoms with van der Waals surface area (Å²) >= 11 is 0. The van der Waals surface area contributed by atoms with Crippen LogP contribution in [0, 0.1) is 0 Å². The Morgan fingerprint density at radius 3 is 2.75 bits per heavy atom. The van der Waals surface area contributed by atoms with E-state index in [1.54, 1.807) is 17.0 Å². The van der Waals surface area contributed by atoms with E-state index in [0.717, 1.165) is 65.4 Å². The van der Waals surface area contributed by atoms with Gasteiger partial charge in [-0.15, -0.1) is 0 Å². The molecule has 1 N–H and O–H groups in total. The molecule has 1 aromatic carbocycles. The molecule has 1 fully saturated rings. The van der Waals surface area contributed by atoms with Gasteiger partial charge in [0.15, 0.2) is 0 Å².